The van der Waals surface area contributed by atoms with E-state index in [1.807, 2.05) is 4.90 Å². The number of β-lactam (4-membered cyclic amide) rings is 1. The molecule has 1 atom stereocenters. The van der Waals surface area contributed by atoms with Gasteiger partial charge in [-0.2, -0.15) is 0 Å². The molecule has 0 radical (unpaired) electrons. The molecule has 2 rings (SSSR count). The highest BCUT2D eigenvalue weighted by atomic mass is 16.2. The smallest absolute Gasteiger partial charge is 0.224 e. The van der Waals surface area contributed by atoms with Crippen LogP contribution < -0.4 is 5.32 Å². The Labute approximate surface area is 66.8 Å². The van der Waals surface area contributed by atoms with E-state index in [1.54, 1.807) is 0 Å². The molecule has 0 aromatic rings. The summed E-state index contributed by atoms with van der Waals surface area (Å²) in [5.74, 6) is 0.346. The lowest BCUT2D eigenvalue weighted by Crippen LogP contribution is -2.55. The van der Waals surface area contributed by atoms with Crippen LogP contribution in [0.2, 0.25) is 0 Å². The lowest BCUT2D eigenvalue weighted by atomic mass is 10.0. The molecular weight excluding hydrogens is 140 g/mol. The number of likely N-dealkylation sites (tertiary alicyclic amines) is 1. The first-order valence-corrected chi connectivity index (χ1v) is 4.38. The maximum atomic E-state index is 11.0. The van der Waals surface area contributed by atoms with Gasteiger partial charge in [0.15, 0.2) is 0 Å². The first-order valence-electron chi connectivity index (χ1n) is 4.38. The Morgan fingerprint density at radius 2 is 2.45 bits per heavy atom. The number of carbonyl (C=O) groups excluding carboxylic acids is 1. The number of amides is 1. The topological polar surface area (TPSA) is 32.3 Å². The Morgan fingerprint density at radius 1 is 1.55 bits per heavy atom. The molecule has 0 bridgehead atoms. The van der Waals surface area contributed by atoms with E-state index in [9.17, 15) is 4.79 Å². The monoisotopic (exact) mass is 154 g/mol. The molecule has 11 heavy (non-hydrogen) atoms. The summed E-state index contributed by atoms with van der Waals surface area (Å²) in [4.78, 5) is 13.0. The van der Waals surface area contributed by atoms with Crippen LogP contribution in [0.4, 0.5) is 0 Å². The average molecular weight is 154 g/mol. The summed E-state index contributed by atoms with van der Waals surface area (Å²) in [6, 6.07) is 0.505. The lowest BCUT2D eigenvalue weighted by Gasteiger charge is -2.40. The third-order valence-corrected chi connectivity index (χ3v) is 2.60. The van der Waals surface area contributed by atoms with Crippen LogP contribution in [-0.4, -0.2) is 36.5 Å². The molecule has 0 aromatic carbocycles. The Bertz CT molecular complexity index is 163. The molecule has 3 nitrogen and oxygen atoms in total. The highest BCUT2D eigenvalue weighted by molar-refractivity contribution is 5.82. The third kappa shape index (κ3) is 1.25. The first kappa shape index (κ1) is 7.10. The molecule has 62 valence electrons. The van der Waals surface area contributed by atoms with E-state index in [0.717, 1.165) is 26.1 Å². The zero-order valence-corrected chi connectivity index (χ0v) is 6.68. The summed E-state index contributed by atoms with van der Waals surface area (Å²) in [5, 5.41) is 3.31. The van der Waals surface area contributed by atoms with Crippen LogP contribution in [-0.2, 0) is 4.79 Å². The minimum atomic E-state index is 0.346. The van der Waals surface area contributed by atoms with Crippen LogP contribution in [0.1, 0.15) is 19.3 Å². The fourth-order valence-electron chi connectivity index (χ4n) is 1.82. The fourth-order valence-corrected chi connectivity index (χ4v) is 1.82. The van der Waals surface area contributed by atoms with Crippen molar-refractivity contribution in [1.82, 2.24) is 10.2 Å². The van der Waals surface area contributed by atoms with Gasteiger partial charge in [0, 0.05) is 25.6 Å². The Kier molecular flexibility index (Phi) is 1.82. The van der Waals surface area contributed by atoms with E-state index in [1.165, 1.54) is 12.8 Å². The highest BCUT2D eigenvalue weighted by Gasteiger charge is 2.31. The maximum Gasteiger partial charge on any atom is 0.224 e. The minimum Gasteiger partial charge on any atom is -0.338 e. The van der Waals surface area contributed by atoms with Crippen molar-refractivity contribution in [3.05, 3.63) is 0 Å². The van der Waals surface area contributed by atoms with Crippen LogP contribution in [0.3, 0.4) is 0 Å². The summed E-state index contributed by atoms with van der Waals surface area (Å²) in [6.07, 6.45) is 3.18. The number of rotatable bonds is 1. The first-order chi connectivity index (χ1) is 5.38. The Balaban J connectivity index is 1.88. The molecule has 0 spiro atoms. The molecule has 1 N–H and O–H groups in total. The molecule has 1 unspecified atom stereocenters. The quantitative estimate of drug-likeness (QED) is 0.538. The molecule has 1 amide bonds. The predicted octanol–water partition coefficient (Wildman–Crippen LogP) is -0.0293. The van der Waals surface area contributed by atoms with E-state index in [-0.39, 0.29) is 0 Å². The summed E-state index contributed by atoms with van der Waals surface area (Å²) in [7, 11) is 0. The van der Waals surface area contributed by atoms with Crippen LogP contribution >= 0.6 is 0 Å². The van der Waals surface area contributed by atoms with Gasteiger partial charge in [0.25, 0.3) is 0 Å². The predicted molar refractivity (Wildman–Crippen MR) is 42.2 cm³/mol. The fraction of sp³-hybridized carbons (Fsp3) is 0.875. The molecule has 2 aliphatic rings. The van der Waals surface area contributed by atoms with Gasteiger partial charge >= 0.3 is 0 Å². The van der Waals surface area contributed by atoms with Gasteiger partial charge in [-0.05, 0) is 19.4 Å². The zero-order valence-electron chi connectivity index (χ0n) is 6.68. The van der Waals surface area contributed by atoms with Crippen molar-refractivity contribution in [2.24, 2.45) is 0 Å². The van der Waals surface area contributed by atoms with Crippen molar-refractivity contribution < 1.29 is 4.79 Å². The van der Waals surface area contributed by atoms with E-state index in [2.05, 4.69) is 5.32 Å². The zero-order chi connectivity index (χ0) is 7.68. The maximum absolute atomic E-state index is 11.0. The molecule has 2 heterocycles. The third-order valence-electron chi connectivity index (χ3n) is 2.60. The average Bonchev–Trinajstić information content (AvgIpc) is 2.04. The second-order valence-electron chi connectivity index (χ2n) is 3.34. The van der Waals surface area contributed by atoms with Crippen molar-refractivity contribution in [2.75, 3.05) is 19.6 Å². The van der Waals surface area contributed by atoms with Crippen molar-refractivity contribution in [1.29, 1.82) is 0 Å². The van der Waals surface area contributed by atoms with Gasteiger partial charge in [-0.15, -0.1) is 0 Å². The molecule has 0 aliphatic carbocycles. The van der Waals surface area contributed by atoms with E-state index < -0.39 is 0 Å². The number of hydrogen-bond acceptors (Lipinski definition) is 2. The van der Waals surface area contributed by atoms with Gasteiger partial charge < -0.3 is 10.2 Å². The highest BCUT2D eigenvalue weighted by Crippen LogP contribution is 2.17. The number of nitrogens with zero attached hydrogens (tertiary/aromatic N) is 1. The van der Waals surface area contributed by atoms with Crippen LogP contribution in [0.5, 0.6) is 0 Å². The number of hydrogen-bond donors (Lipinski definition) is 1. The molecule has 0 aromatic heterocycles. The van der Waals surface area contributed by atoms with Crippen molar-refractivity contribution in [3.8, 4) is 0 Å². The van der Waals surface area contributed by atoms with Gasteiger partial charge in [-0.3, -0.25) is 4.79 Å². The molecule has 0 saturated carbocycles. The number of carbonyl (C=O) groups is 1. The normalized spacial score (nSPS) is 31.8. The number of nitrogens with one attached hydrogen (secondary N) is 1. The van der Waals surface area contributed by atoms with Crippen molar-refractivity contribution in [3.63, 3.8) is 0 Å². The summed E-state index contributed by atoms with van der Waals surface area (Å²) in [6.45, 7) is 3.12. The van der Waals surface area contributed by atoms with Gasteiger partial charge in [0.2, 0.25) is 5.91 Å². The second-order valence-corrected chi connectivity index (χ2v) is 3.34. The van der Waals surface area contributed by atoms with Gasteiger partial charge in [0.1, 0.15) is 0 Å². The second kappa shape index (κ2) is 2.81. The standard InChI is InChI=1S/C8H14N2O/c11-8-3-5-10(8)7-2-1-4-9-6-7/h7,9H,1-6H2. The largest absolute Gasteiger partial charge is 0.338 e. The molecule has 3 heteroatoms. The molecule has 2 aliphatic heterocycles. The molecule has 2 fully saturated rings. The minimum absolute atomic E-state index is 0.346. The summed E-state index contributed by atoms with van der Waals surface area (Å²) < 4.78 is 0. The number of piperidine rings is 1. The van der Waals surface area contributed by atoms with E-state index in [0.29, 0.717) is 11.9 Å². The summed E-state index contributed by atoms with van der Waals surface area (Å²) in [5.41, 5.74) is 0. The summed E-state index contributed by atoms with van der Waals surface area (Å²) >= 11 is 0. The van der Waals surface area contributed by atoms with Gasteiger partial charge in [-0.25, -0.2) is 0 Å². The lowest BCUT2D eigenvalue weighted by molar-refractivity contribution is -0.143. The van der Waals surface area contributed by atoms with Crippen LogP contribution in [0, 0.1) is 0 Å². The molecular formula is C8H14N2O. The van der Waals surface area contributed by atoms with Crippen LogP contribution in [0.25, 0.3) is 0 Å². The van der Waals surface area contributed by atoms with Crippen molar-refractivity contribution >= 4 is 5.91 Å². The SMILES string of the molecule is O=C1CCN1C1CCCNC1. The van der Waals surface area contributed by atoms with Gasteiger partial charge in [-0.1, -0.05) is 0 Å². The van der Waals surface area contributed by atoms with E-state index in [4.69, 9.17) is 0 Å². The van der Waals surface area contributed by atoms with Crippen molar-refractivity contribution in [2.45, 2.75) is 25.3 Å². The Hall–Kier alpha value is -0.570. The van der Waals surface area contributed by atoms with Gasteiger partial charge in [0.05, 0.1) is 0 Å². The Morgan fingerprint density at radius 3 is 2.91 bits per heavy atom. The molecule has 2 saturated heterocycles. The van der Waals surface area contributed by atoms with E-state index >= 15 is 0 Å². The van der Waals surface area contributed by atoms with Crippen LogP contribution in [0.15, 0.2) is 0 Å².